The number of hydrogen-bond donors (Lipinski definition) is 0. The fourth-order valence-electron chi connectivity index (χ4n) is 0.490. The summed E-state index contributed by atoms with van der Waals surface area (Å²) < 4.78 is 25.3. The predicted octanol–water partition coefficient (Wildman–Crippen LogP) is 0.374. The molecule has 0 rings (SSSR count). The van der Waals surface area contributed by atoms with Crippen molar-refractivity contribution in [1.82, 2.24) is 0 Å². The average Bonchev–Trinajstić information content (AvgIpc) is 1.59. The van der Waals surface area contributed by atoms with Crippen LogP contribution in [0.5, 0.6) is 0 Å². The van der Waals surface area contributed by atoms with Gasteiger partial charge in [-0.05, 0) is 13.8 Å². The molecule has 0 saturated carbocycles. The first-order valence-electron chi connectivity index (χ1n) is 2.76. The number of hydrogen-bond acceptors (Lipinski definition) is 3. The summed E-state index contributed by atoms with van der Waals surface area (Å²) in [4.78, 5) is 0. The molecule has 0 aliphatic carbocycles. The Morgan fingerprint density at radius 3 is 2.30 bits per heavy atom. The zero-order valence-corrected chi connectivity index (χ0v) is 7.03. The van der Waals surface area contributed by atoms with Crippen molar-refractivity contribution in [3.8, 4) is 11.8 Å². The van der Waals surface area contributed by atoms with Crippen LogP contribution in [-0.2, 0) is 14.3 Å². The van der Waals surface area contributed by atoms with Gasteiger partial charge in [0.05, 0.1) is 6.26 Å². The monoisotopic (exact) mass is 162 g/mol. The molecule has 0 spiro atoms. The van der Waals surface area contributed by atoms with Gasteiger partial charge in [0.2, 0.25) is 0 Å². The molecule has 1 atom stereocenters. The quantitative estimate of drug-likeness (QED) is 0.435. The van der Waals surface area contributed by atoms with Gasteiger partial charge in [0.1, 0.15) is 6.10 Å². The van der Waals surface area contributed by atoms with Crippen LogP contribution in [0.2, 0.25) is 0 Å². The summed E-state index contributed by atoms with van der Waals surface area (Å²) in [5.41, 5.74) is 0. The van der Waals surface area contributed by atoms with Gasteiger partial charge >= 0.3 is 0 Å². The maximum absolute atomic E-state index is 10.4. The second-order valence-corrected chi connectivity index (χ2v) is 3.44. The lowest BCUT2D eigenvalue weighted by atomic mass is 10.4. The fourth-order valence-corrected chi connectivity index (χ4v) is 1.06. The van der Waals surface area contributed by atoms with Crippen LogP contribution < -0.4 is 0 Å². The molecule has 0 aromatic rings. The maximum atomic E-state index is 10.4. The molecule has 0 amide bonds. The van der Waals surface area contributed by atoms with Gasteiger partial charge in [-0.15, -0.1) is 5.92 Å². The van der Waals surface area contributed by atoms with E-state index >= 15 is 0 Å². The normalized spacial score (nSPS) is 13.5. The van der Waals surface area contributed by atoms with E-state index in [1.54, 1.807) is 13.8 Å². The van der Waals surface area contributed by atoms with E-state index in [4.69, 9.17) is 0 Å². The van der Waals surface area contributed by atoms with E-state index in [0.29, 0.717) is 0 Å². The Balaban J connectivity index is 4.01. The van der Waals surface area contributed by atoms with Crippen molar-refractivity contribution in [3.05, 3.63) is 0 Å². The summed E-state index contributed by atoms with van der Waals surface area (Å²) in [5, 5.41) is 0. The second kappa shape index (κ2) is 3.59. The summed E-state index contributed by atoms with van der Waals surface area (Å²) in [5.74, 6) is 5.10. The highest BCUT2D eigenvalue weighted by molar-refractivity contribution is 7.86. The van der Waals surface area contributed by atoms with Crippen LogP contribution in [-0.4, -0.2) is 20.8 Å². The minimum atomic E-state index is -3.35. The lowest BCUT2D eigenvalue weighted by Crippen LogP contribution is -2.11. The molecular formula is C6H10O3S. The smallest absolute Gasteiger partial charge is 0.254 e. The van der Waals surface area contributed by atoms with Gasteiger partial charge in [-0.2, -0.15) is 8.42 Å². The van der Waals surface area contributed by atoms with E-state index in [0.717, 1.165) is 6.26 Å². The highest BCUT2D eigenvalue weighted by Crippen LogP contribution is 1.93. The lowest BCUT2D eigenvalue weighted by molar-refractivity contribution is 0.286. The first kappa shape index (κ1) is 9.47. The molecule has 4 heteroatoms. The Kier molecular flexibility index (Phi) is 3.40. The summed E-state index contributed by atoms with van der Waals surface area (Å²) in [6, 6.07) is 0. The molecule has 0 fully saturated rings. The van der Waals surface area contributed by atoms with Crippen molar-refractivity contribution in [2.75, 3.05) is 6.26 Å². The van der Waals surface area contributed by atoms with Gasteiger partial charge in [0.15, 0.2) is 0 Å². The van der Waals surface area contributed by atoms with Gasteiger partial charge in [-0.1, -0.05) is 5.92 Å². The molecule has 0 saturated heterocycles. The molecule has 10 heavy (non-hydrogen) atoms. The van der Waals surface area contributed by atoms with Crippen molar-refractivity contribution in [1.29, 1.82) is 0 Å². The Bertz CT molecular complexity index is 242. The van der Waals surface area contributed by atoms with Crippen molar-refractivity contribution in [3.63, 3.8) is 0 Å². The van der Waals surface area contributed by atoms with Crippen LogP contribution in [0.1, 0.15) is 13.8 Å². The lowest BCUT2D eigenvalue weighted by Gasteiger charge is -2.01. The largest absolute Gasteiger partial charge is 0.265 e. The zero-order chi connectivity index (χ0) is 8.20. The third-order valence-corrected chi connectivity index (χ3v) is 1.30. The Morgan fingerprint density at radius 1 is 1.50 bits per heavy atom. The van der Waals surface area contributed by atoms with E-state index in [9.17, 15) is 8.42 Å². The molecular weight excluding hydrogens is 152 g/mol. The first-order chi connectivity index (χ1) is 4.45. The molecule has 0 aliphatic heterocycles. The van der Waals surface area contributed by atoms with Gasteiger partial charge in [0.25, 0.3) is 10.1 Å². The van der Waals surface area contributed by atoms with Crippen LogP contribution in [0.3, 0.4) is 0 Å². The van der Waals surface area contributed by atoms with Crippen LogP contribution in [0, 0.1) is 11.8 Å². The molecule has 0 aliphatic rings. The first-order valence-corrected chi connectivity index (χ1v) is 4.58. The minimum Gasteiger partial charge on any atom is -0.254 e. The Morgan fingerprint density at radius 2 is 2.00 bits per heavy atom. The fraction of sp³-hybridized carbons (Fsp3) is 0.667. The third kappa shape index (κ3) is 5.60. The Hall–Kier alpha value is -0.530. The molecule has 0 heterocycles. The van der Waals surface area contributed by atoms with Crippen molar-refractivity contribution >= 4 is 10.1 Å². The van der Waals surface area contributed by atoms with Crippen LogP contribution >= 0.6 is 0 Å². The van der Waals surface area contributed by atoms with E-state index in [1.165, 1.54) is 0 Å². The highest BCUT2D eigenvalue weighted by atomic mass is 32.2. The summed E-state index contributed by atoms with van der Waals surface area (Å²) in [6.07, 6.45) is 0.459. The molecule has 0 aromatic carbocycles. The molecule has 0 radical (unpaired) electrons. The van der Waals surface area contributed by atoms with E-state index in [-0.39, 0.29) is 0 Å². The number of rotatable bonds is 2. The van der Waals surface area contributed by atoms with E-state index in [2.05, 4.69) is 16.0 Å². The Labute approximate surface area is 61.5 Å². The van der Waals surface area contributed by atoms with Crippen LogP contribution in [0.25, 0.3) is 0 Å². The third-order valence-electron chi connectivity index (χ3n) is 0.667. The molecule has 58 valence electrons. The predicted molar refractivity (Wildman–Crippen MR) is 38.8 cm³/mol. The van der Waals surface area contributed by atoms with Gasteiger partial charge in [-0.25, -0.2) is 0 Å². The van der Waals surface area contributed by atoms with Crippen LogP contribution in [0.4, 0.5) is 0 Å². The van der Waals surface area contributed by atoms with E-state index < -0.39 is 16.2 Å². The van der Waals surface area contributed by atoms with Gasteiger partial charge in [-0.3, -0.25) is 4.18 Å². The van der Waals surface area contributed by atoms with Gasteiger partial charge < -0.3 is 0 Å². The minimum absolute atomic E-state index is 0.542. The summed E-state index contributed by atoms with van der Waals surface area (Å²) >= 11 is 0. The van der Waals surface area contributed by atoms with E-state index in [1.807, 2.05) is 0 Å². The summed E-state index contributed by atoms with van der Waals surface area (Å²) in [7, 11) is -3.35. The molecule has 0 bridgehead atoms. The van der Waals surface area contributed by atoms with Crippen molar-refractivity contribution in [2.45, 2.75) is 20.0 Å². The highest BCUT2D eigenvalue weighted by Gasteiger charge is 2.05. The zero-order valence-electron chi connectivity index (χ0n) is 6.21. The molecule has 3 nitrogen and oxygen atoms in total. The average molecular weight is 162 g/mol. The van der Waals surface area contributed by atoms with Gasteiger partial charge in [0, 0.05) is 0 Å². The van der Waals surface area contributed by atoms with Crippen molar-refractivity contribution < 1.29 is 12.6 Å². The molecule has 0 N–H and O–H groups in total. The maximum Gasteiger partial charge on any atom is 0.265 e. The summed E-state index contributed by atoms with van der Waals surface area (Å²) in [6.45, 7) is 3.21. The second-order valence-electron chi connectivity index (χ2n) is 1.84. The van der Waals surface area contributed by atoms with Crippen LogP contribution in [0.15, 0.2) is 0 Å². The molecule has 0 aromatic heterocycles. The standard InChI is InChI=1S/C6H10O3S/c1-4-5-6(2)9-10(3,7)8/h6H,1-3H3/t6-/m1/s1. The topological polar surface area (TPSA) is 43.4 Å². The molecule has 0 unspecified atom stereocenters. The SMILES string of the molecule is CC#C[C@@H](C)OS(C)(=O)=O. The van der Waals surface area contributed by atoms with Crippen molar-refractivity contribution in [2.24, 2.45) is 0 Å².